The molecule has 8 bridgehead atoms. The van der Waals surface area contributed by atoms with Crippen molar-refractivity contribution in [3.63, 3.8) is 0 Å². The van der Waals surface area contributed by atoms with Crippen molar-refractivity contribution in [2.24, 2.45) is 35.5 Å². The maximum absolute atomic E-state index is 14.1. The number of carbonyl (C=O) groups excluding carboxylic acids is 4. The molecule has 4 unspecified atom stereocenters. The molecule has 2 saturated heterocycles. The van der Waals surface area contributed by atoms with Gasteiger partial charge in [-0.25, -0.2) is 23.0 Å². The number of benzene rings is 6. The normalized spacial score (nSPS) is 24.0. The molecule has 7 aromatic rings. The quantitative estimate of drug-likeness (QED) is 0.0218. The highest BCUT2D eigenvalue weighted by Crippen LogP contribution is 2.66. The first-order valence-corrected chi connectivity index (χ1v) is 45.4. The minimum Gasteiger partial charge on any atom is -0.741 e. The number of hydrogen-bond donors (Lipinski definition) is 0. The second kappa shape index (κ2) is 40.2. The van der Waals surface area contributed by atoms with Crippen LogP contribution in [0.2, 0.25) is 0 Å². The summed E-state index contributed by atoms with van der Waals surface area (Å²) < 4.78 is 465. The molecular weight excluding hydrogens is 2200 g/mol. The Morgan fingerprint density at radius 3 is 0.750 bits per heavy atom. The second-order valence-corrected chi connectivity index (χ2v) is 40.5. The lowest BCUT2D eigenvalue weighted by Crippen LogP contribution is -2.67. The molecule has 8 saturated carbocycles. The summed E-state index contributed by atoms with van der Waals surface area (Å²) in [6.45, 7) is -6.50. The summed E-state index contributed by atoms with van der Waals surface area (Å²) in [5.74, 6) is -56.2. The summed E-state index contributed by atoms with van der Waals surface area (Å²) in [5.41, 5.74) is -11.9. The van der Waals surface area contributed by atoms with Gasteiger partial charge in [0.05, 0.1) is 56.9 Å². The first-order chi connectivity index (χ1) is 62.2. The van der Waals surface area contributed by atoms with E-state index in [0.29, 0.717) is 19.6 Å². The average Bonchev–Trinajstić information content (AvgIpc) is 1.19. The Hall–Kier alpha value is -7.91. The Balaban J connectivity index is 0.000000179. The summed E-state index contributed by atoms with van der Waals surface area (Å²) >= 11 is 4.26. The van der Waals surface area contributed by atoms with E-state index in [1.54, 1.807) is 0 Å². The summed E-state index contributed by atoms with van der Waals surface area (Å²) in [4.78, 5) is 51.7. The van der Waals surface area contributed by atoms with Gasteiger partial charge in [0.25, 0.3) is 11.8 Å². The van der Waals surface area contributed by atoms with Crippen LogP contribution in [0.5, 0.6) is 0 Å². The lowest BCUT2D eigenvalue weighted by molar-refractivity contribution is -0.378. The highest BCUT2D eigenvalue weighted by molar-refractivity contribution is 14.1. The van der Waals surface area contributed by atoms with Gasteiger partial charge in [0.15, 0.2) is 63.5 Å². The molecule has 6 aromatic carbocycles. The van der Waals surface area contributed by atoms with Crippen molar-refractivity contribution in [1.82, 2.24) is 0 Å². The van der Waals surface area contributed by atoms with Crippen molar-refractivity contribution in [2.45, 2.75) is 207 Å². The van der Waals surface area contributed by atoms with Gasteiger partial charge in [0.2, 0.25) is 0 Å². The fraction of sp³-hybridized carbons (Fsp3) is 0.464. The molecule has 0 radical (unpaired) electrons. The molecule has 748 valence electrons. The highest BCUT2D eigenvalue weighted by atomic mass is 127. The van der Waals surface area contributed by atoms with Crippen molar-refractivity contribution < 1.29 is 212 Å². The van der Waals surface area contributed by atoms with Crippen LogP contribution >= 0.6 is 45.2 Å². The molecular formula is C84H68F31I2NO15S3. The van der Waals surface area contributed by atoms with Crippen LogP contribution in [0.1, 0.15) is 99.3 Å². The second-order valence-electron chi connectivity index (χ2n) is 32.6. The van der Waals surface area contributed by atoms with E-state index in [1.807, 2.05) is 79.1 Å². The Morgan fingerprint density at radius 2 is 0.574 bits per heavy atom. The highest BCUT2D eigenvalue weighted by Gasteiger charge is 2.73. The van der Waals surface area contributed by atoms with Crippen LogP contribution in [0.4, 0.5) is 136 Å². The zero-order valence-electron chi connectivity index (χ0n) is 68.3. The smallest absolute Gasteiger partial charge is 0.485 e. The molecule has 10 aliphatic rings. The Bertz CT molecular complexity index is 4930. The molecule has 52 heteroatoms. The SMILES string of the molecule is FC(F)(F)c1ccc([S+](c2ccc(I)cc2)c2ccc(C(F)(F)F)cc2)cc1.FC(F)(F)c1ccc([S+](c2ccc(I)cc2)c2ccc(C(F)(F)F)cc2)cc1.O=C([O-])C(F)(F)CC(F)(F)C(=O)OC12CC3CC(C1)C1(OCC(F)(F)C(F)(F)CO1)C(C3)C2.O=C([O-])C(F)(F)CC(F)(F)C(=O)OC12CC3CC(C1)C1(OCC(F)(F)C(F)(F)CO1)C(C3)C2.O=S(=O)([O-])C(F)(F)F.c1cc[nH+]cc1. The number of carboxylic acids is 2. The molecule has 3 heterocycles. The number of aromatic amines is 1. The number of pyridine rings is 1. The third kappa shape index (κ3) is 25.7. The predicted molar refractivity (Wildman–Crippen MR) is 420 cm³/mol. The molecule has 8 aliphatic carbocycles. The van der Waals surface area contributed by atoms with Crippen molar-refractivity contribution in [2.75, 3.05) is 26.4 Å². The van der Waals surface area contributed by atoms with Crippen LogP contribution < -0.4 is 15.2 Å². The van der Waals surface area contributed by atoms with Crippen molar-refractivity contribution in [3.05, 3.63) is 206 Å². The number of rotatable bonds is 16. The number of H-pyrrole nitrogens is 1. The minimum absolute atomic E-state index is 0.0705. The average molecular weight is 2270 g/mol. The number of nitrogens with one attached hydrogen (secondary N) is 1. The molecule has 0 amide bonds. The zero-order valence-corrected chi connectivity index (χ0v) is 75.1. The summed E-state index contributed by atoms with van der Waals surface area (Å²) in [7, 11) is -7.75. The number of aliphatic carboxylic acids is 2. The van der Waals surface area contributed by atoms with E-state index in [-0.39, 0.29) is 76.0 Å². The molecule has 4 atom stereocenters. The van der Waals surface area contributed by atoms with E-state index in [1.165, 1.54) is 48.5 Å². The van der Waals surface area contributed by atoms with Gasteiger partial charge < -0.3 is 52.8 Å². The van der Waals surface area contributed by atoms with Gasteiger partial charge in [-0.3, -0.25) is 0 Å². The van der Waals surface area contributed by atoms with Crippen molar-refractivity contribution in [3.8, 4) is 0 Å². The molecule has 1 aromatic heterocycles. The van der Waals surface area contributed by atoms with E-state index in [4.69, 9.17) is 41.4 Å². The van der Waals surface area contributed by atoms with Gasteiger partial charge >= 0.3 is 77.7 Å². The number of aromatic nitrogens is 1. The molecule has 2 aliphatic heterocycles. The number of esters is 2. The third-order valence-electron chi connectivity index (χ3n) is 22.9. The topological polar surface area (TPSA) is 241 Å². The number of carbonyl (C=O) groups is 4. The van der Waals surface area contributed by atoms with Gasteiger partial charge in [-0.05, 0) is 267 Å². The number of hydrogen-bond acceptors (Lipinski definition) is 15. The molecule has 136 heavy (non-hydrogen) atoms. The van der Waals surface area contributed by atoms with Crippen molar-refractivity contribution in [1.29, 1.82) is 0 Å². The largest absolute Gasteiger partial charge is 0.741 e. The van der Waals surface area contributed by atoms with Crippen LogP contribution in [0, 0.1) is 42.6 Å². The lowest BCUT2D eigenvalue weighted by atomic mass is 9.51. The Labute approximate surface area is 782 Å². The predicted octanol–water partition coefficient (Wildman–Crippen LogP) is 20.5. The van der Waals surface area contributed by atoms with Crippen LogP contribution in [0.15, 0.2) is 206 Å². The minimum atomic E-state index is -6.09. The van der Waals surface area contributed by atoms with E-state index in [0.717, 1.165) is 65.5 Å². The van der Waals surface area contributed by atoms with Gasteiger partial charge in [0, 0.05) is 42.9 Å². The summed E-state index contributed by atoms with van der Waals surface area (Å²) in [6, 6.07) is 39.5. The first-order valence-electron chi connectivity index (χ1n) is 39.3. The number of carboxylic acid groups (broad SMARTS) is 2. The molecule has 10 fully saturated rings. The van der Waals surface area contributed by atoms with Crippen LogP contribution in [0.25, 0.3) is 0 Å². The monoisotopic (exact) mass is 2270 g/mol. The molecule has 1 N–H and O–H groups in total. The fourth-order valence-corrected chi connectivity index (χ4v) is 21.8. The summed E-state index contributed by atoms with van der Waals surface area (Å²) in [6.07, 6.45) is -19.2. The van der Waals surface area contributed by atoms with Gasteiger partial charge in [0.1, 0.15) is 49.6 Å². The number of halogens is 33. The summed E-state index contributed by atoms with van der Waals surface area (Å²) in [5, 5.41) is 20.7. The maximum atomic E-state index is 14.1. The van der Waals surface area contributed by atoms with Crippen LogP contribution in [-0.4, -0.2) is 139 Å². The Morgan fingerprint density at radius 1 is 0.360 bits per heavy atom. The van der Waals surface area contributed by atoms with Gasteiger partial charge in [-0.2, -0.15) is 136 Å². The number of alkyl halides is 31. The standard InChI is InChI=1S/2C20H12F6IS.2C19H20F8O6.C5H5N.CHF3O3S/c2*21-19(22,23)13-1-7-16(8-2-13)28(18-11-5-15(27)6-12-18)17-9-3-14(4-10-17)20(24,25)26;2*20-15(21,12(28)29)6-16(22,23)13(30)33-14-3-9-1-10(4-14)19(11(2-9)5-14)31-7-17(24,25)18(26,27)8-32-19;1-2-4-6-5-3-1;2-1(3,4)8(5,6)7/h2*1-12H;2*9-11H,1-8H2,(H,28,29);1-5H;(H,5,6,7)/q2*+1;;;;/p-2. The zero-order chi connectivity index (χ0) is 102. The van der Waals surface area contributed by atoms with E-state index in [9.17, 15) is 165 Å². The molecule has 16 nitrogen and oxygen atoms in total. The van der Waals surface area contributed by atoms with Gasteiger partial charge in [-0.1, -0.05) is 6.07 Å². The van der Waals surface area contributed by atoms with E-state index in [2.05, 4.69) is 50.2 Å². The van der Waals surface area contributed by atoms with Crippen LogP contribution in [-0.2, 0) is 104 Å². The lowest BCUT2D eigenvalue weighted by Gasteiger charge is -2.63. The maximum Gasteiger partial charge on any atom is 0.485 e. The third-order valence-corrected chi connectivity index (χ3v) is 29.4. The van der Waals surface area contributed by atoms with E-state index < -0.39 is 241 Å². The Kier molecular flexibility index (Phi) is 32.6. The fourth-order valence-electron chi connectivity index (χ4n) is 17.0. The van der Waals surface area contributed by atoms with Gasteiger partial charge in [-0.15, -0.1) is 0 Å². The van der Waals surface area contributed by atoms with Crippen molar-refractivity contribution >= 4 is 101 Å². The first kappa shape index (κ1) is 110. The molecule has 2 spiro atoms. The number of ether oxygens (including phenoxy) is 6. The molecule has 17 rings (SSSR count). The van der Waals surface area contributed by atoms with Crippen LogP contribution in [0.3, 0.4) is 0 Å². The van der Waals surface area contributed by atoms with E-state index >= 15 is 0 Å².